The molecule has 2 heterocycles. The summed E-state index contributed by atoms with van der Waals surface area (Å²) >= 11 is 1.42. The van der Waals surface area contributed by atoms with Gasteiger partial charge in [-0.3, -0.25) is 0 Å². The quantitative estimate of drug-likeness (QED) is 0.585. The molecule has 4 aromatic rings. The molecule has 0 radical (unpaired) electrons. The van der Waals surface area contributed by atoms with Crippen LogP contribution < -0.4 is 5.32 Å². The summed E-state index contributed by atoms with van der Waals surface area (Å²) in [7, 11) is 0. The van der Waals surface area contributed by atoms with Crippen molar-refractivity contribution in [2.75, 3.05) is 5.32 Å². The number of thiazole rings is 1. The molecular weight excluding hydrogens is 358 g/mol. The molecule has 128 valence electrons. The van der Waals surface area contributed by atoms with Crippen LogP contribution in [0.5, 0.6) is 0 Å². The third-order valence-corrected chi connectivity index (χ3v) is 4.73. The molecule has 7 nitrogen and oxygen atoms in total. The maximum atomic E-state index is 9.17. The Hall–Kier alpha value is -4.01. The van der Waals surface area contributed by atoms with E-state index < -0.39 is 0 Å². The van der Waals surface area contributed by atoms with Gasteiger partial charge in [-0.2, -0.15) is 15.6 Å². The second kappa shape index (κ2) is 7.08. The number of nitriles is 2. The second-order valence-electron chi connectivity index (χ2n) is 5.52. The number of hydrogen-bond donors (Lipinski definition) is 1. The van der Waals surface area contributed by atoms with Crippen molar-refractivity contribution in [3.63, 3.8) is 0 Å². The van der Waals surface area contributed by atoms with Crippen molar-refractivity contribution in [3.8, 4) is 28.4 Å². The van der Waals surface area contributed by atoms with Gasteiger partial charge in [0, 0.05) is 11.3 Å². The van der Waals surface area contributed by atoms with Gasteiger partial charge in [0.15, 0.2) is 5.13 Å². The fourth-order valence-electron chi connectivity index (χ4n) is 2.51. The van der Waals surface area contributed by atoms with Crippen LogP contribution in [0.2, 0.25) is 0 Å². The van der Waals surface area contributed by atoms with Crippen molar-refractivity contribution >= 4 is 22.2 Å². The first-order valence-corrected chi connectivity index (χ1v) is 8.72. The van der Waals surface area contributed by atoms with Crippen molar-refractivity contribution < 1.29 is 0 Å². The van der Waals surface area contributed by atoms with E-state index in [0.29, 0.717) is 22.0 Å². The van der Waals surface area contributed by atoms with Crippen LogP contribution in [0.25, 0.3) is 16.3 Å². The van der Waals surface area contributed by atoms with Crippen molar-refractivity contribution in [1.29, 1.82) is 10.5 Å². The maximum Gasteiger partial charge on any atom is 0.189 e. The average Bonchev–Trinajstić information content (AvgIpc) is 3.38. The van der Waals surface area contributed by atoms with Gasteiger partial charge < -0.3 is 5.32 Å². The molecule has 4 rings (SSSR count). The number of benzene rings is 2. The van der Waals surface area contributed by atoms with Crippen LogP contribution in [0.1, 0.15) is 11.1 Å². The highest BCUT2D eigenvalue weighted by atomic mass is 32.1. The Morgan fingerprint density at radius 3 is 2.52 bits per heavy atom. The average molecular weight is 369 g/mol. The van der Waals surface area contributed by atoms with Crippen LogP contribution in [0.3, 0.4) is 0 Å². The maximum absolute atomic E-state index is 9.17. The minimum absolute atomic E-state index is 0.562. The highest BCUT2D eigenvalue weighted by Crippen LogP contribution is 2.35. The molecule has 2 aromatic carbocycles. The van der Waals surface area contributed by atoms with E-state index in [1.807, 2.05) is 24.3 Å². The molecule has 8 heteroatoms. The van der Waals surface area contributed by atoms with Gasteiger partial charge in [0.1, 0.15) is 23.3 Å². The lowest BCUT2D eigenvalue weighted by molar-refractivity contribution is 0.895. The largest absolute Gasteiger partial charge is 0.331 e. The van der Waals surface area contributed by atoms with Crippen LogP contribution in [0.4, 0.5) is 10.8 Å². The molecule has 0 fully saturated rings. The van der Waals surface area contributed by atoms with Crippen LogP contribution in [-0.2, 0) is 0 Å². The van der Waals surface area contributed by atoms with E-state index in [1.54, 1.807) is 35.3 Å². The van der Waals surface area contributed by atoms with Crippen molar-refractivity contribution in [1.82, 2.24) is 19.7 Å². The van der Waals surface area contributed by atoms with Crippen molar-refractivity contribution in [2.45, 2.75) is 0 Å². The molecule has 0 aliphatic heterocycles. The normalized spacial score (nSPS) is 10.1. The number of nitrogens with one attached hydrogen (secondary N) is 1. The third-order valence-electron chi connectivity index (χ3n) is 3.77. The second-order valence-corrected chi connectivity index (χ2v) is 6.50. The molecule has 0 spiro atoms. The van der Waals surface area contributed by atoms with Crippen LogP contribution in [-0.4, -0.2) is 19.7 Å². The van der Waals surface area contributed by atoms with Gasteiger partial charge >= 0.3 is 0 Å². The summed E-state index contributed by atoms with van der Waals surface area (Å²) in [6.45, 7) is 0. The molecular formula is C19H11N7S. The summed E-state index contributed by atoms with van der Waals surface area (Å²) in [6, 6.07) is 18.6. The summed E-state index contributed by atoms with van der Waals surface area (Å²) in [5.74, 6) is 0. The standard InChI is InChI=1S/C19H11N7S/c20-9-13-4-6-16(7-5-13)24-19-25-17(15-3-1-2-14(8-15)10-21)18(27-19)26-12-22-11-23-26/h1-8,11-12H,(H,24,25). The molecule has 0 amide bonds. The SMILES string of the molecule is N#Cc1ccc(Nc2nc(-c3cccc(C#N)c3)c(-n3cncn3)s2)cc1. The fourth-order valence-corrected chi connectivity index (χ4v) is 3.45. The monoisotopic (exact) mass is 369 g/mol. The van der Waals surface area contributed by atoms with Crippen molar-refractivity contribution in [3.05, 3.63) is 72.3 Å². The third kappa shape index (κ3) is 3.38. The van der Waals surface area contributed by atoms with Gasteiger partial charge in [-0.25, -0.2) is 14.6 Å². The van der Waals surface area contributed by atoms with Gasteiger partial charge in [-0.15, -0.1) is 0 Å². The Balaban J connectivity index is 1.76. The smallest absolute Gasteiger partial charge is 0.189 e. The molecule has 0 aliphatic carbocycles. The molecule has 0 unspecified atom stereocenters. The summed E-state index contributed by atoms with van der Waals surface area (Å²) in [5, 5.41) is 27.0. The number of aromatic nitrogens is 4. The van der Waals surface area contributed by atoms with Crippen LogP contribution >= 0.6 is 11.3 Å². The zero-order valence-corrected chi connectivity index (χ0v) is 14.7. The van der Waals surface area contributed by atoms with Gasteiger partial charge in [0.2, 0.25) is 0 Å². The first-order valence-electron chi connectivity index (χ1n) is 7.90. The topological polar surface area (TPSA) is 103 Å². The van der Waals surface area contributed by atoms with E-state index in [0.717, 1.165) is 16.3 Å². The number of anilines is 2. The first kappa shape index (κ1) is 16.5. The van der Waals surface area contributed by atoms with Gasteiger partial charge in [0.05, 0.1) is 23.3 Å². The van der Waals surface area contributed by atoms with Gasteiger partial charge in [-0.05, 0) is 36.4 Å². The summed E-state index contributed by atoms with van der Waals surface area (Å²) in [4.78, 5) is 8.70. The lowest BCUT2D eigenvalue weighted by Gasteiger charge is -2.02. The zero-order chi connectivity index (χ0) is 18.6. The van der Waals surface area contributed by atoms with E-state index in [1.165, 1.54) is 17.7 Å². The Kier molecular flexibility index (Phi) is 4.32. The molecule has 0 saturated heterocycles. The number of nitrogens with zero attached hydrogens (tertiary/aromatic N) is 6. The van der Waals surface area contributed by atoms with Crippen LogP contribution in [0.15, 0.2) is 61.2 Å². The Morgan fingerprint density at radius 2 is 1.81 bits per heavy atom. The minimum Gasteiger partial charge on any atom is -0.331 e. The molecule has 27 heavy (non-hydrogen) atoms. The van der Waals surface area contributed by atoms with E-state index >= 15 is 0 Å². The fraction of sp³-hybridized carbons (Fsp3) is 0. The number of hydrogen-bond acceptors (Lipinski definition) is 7. The number of rotatable bonds is 4. The summed E-state index contributed by atoms with van der Waals surface area (Å²) in [5.41, 5.74) is 3.51. The van der Waals surface area contributed by atoms with Crippen LogP contribution in [0, 0.1) is 22.7 Å². The molecule has 0 saturated carbocycles. The van der Waals surface area contributed by atoms with Crippen molar-refractivity contribution in [2.24, 2.45) is 0 Å². The molecule has 2 aromatic heterocycles. The lowest BCUT2D eigenvalue weighted by Crippen LogP contribution is -1.94. The van der Waals surface area contributed by atoms with Gasteiger partial charge in [-0.1, -0.05) is 23.5 Å². The van der Waals surface area contributed by atoms with E-state index in [9.17, 15) is 5.26 Å². The summed E-state index contributed by atoms with van der Waals surface area (Å²) < 4.78 is 1.65. The lowest BCUT2D eigenvalue weighted by atomic mass is 10.1. The Bertz CT molecular complexity index is 1160. The van der Waals surface area contributed by atoms with E-state index in [2.05, 4.69) is 27.5 Å². The highest BCUT2D eigenvalue weighted by Gasteiger charge is 2.16. The first-order chi connectivity index (χ1) is 13.3. The Labute approximate surface area is 158 Å². The molecule has 0 aliphatic rings. The molecule has 0 bridgehead atoms. The predicted molar refractivity (Wildman–Crippen MR) is 102 cm³/mol. The minimum atomic E-state index is 0.562. The molecule has 1 N–H and O–H groups in total. The highest BCUT2D eigenvalue weighted by molar-refractivity contribution is 7.18. The predicted octanol–water partition coefficient (Wildman–Crippen LogP) is 3.88. The zero-order valence-electron chi connectivity index (χ0n) is 13.9. The summed E-state index contributed by atoms with van der Waals surface area (Å²) in [6.07, 6.45) is 3.07. The Morgan fingerprint density at radius 1 is 1.00 bits per heavy atom. The van der Waals surface area contributed by atoms with Gasteiger partial charge in [0.25, 0.3) is 0 Å². The molecule has 0 atom stereocenters. The van der Waals surface area contributed by atoms with E-state index in [4.69, 9.17) is 10.2 Å². The van der Waals surface area contributed by atoms with E-state index in [-0.39, 0.29) is 0 Å².